The van der Waals surface area contributed by atoms with E-state index >= 15 is 0 Å². The lowest BCUT2D eigenvalue weighted by Gasteiger charge is -2.23. The fourth-order valence-electron chi connectivity index (χ4n) is 3.29. The second-order valence-corrected chi connectivity index (χ2v) is 7.14. The molecular formula is C19H26N8O3. The summed E-state index contributed by atoms with van der Waals surface area (Å²) in [6.07, 6.45) is 2.05. The maximum absolute atomic E-state index is 13.3. The molecule has 3 rings (SSSR count). The van der Waals surface area contributed by atoms with E-state index in [0.29, 0.717) is 25.2 Å². The Morgan fingerprint density at radius 1 is 1.20 bits per heavy atom. The molecule has 0 radical (unpaired) electrons. The number of rotatable bonds is 7. The number of aromatic nitrogens is 6. The van der Waals surface area contributed by atoms with Crippen molar-refractivity contribution in [3.63, 3.8) is 0 Å². The molecule has 0 aliphatic rings. The van der Waals surface area contributed by atoms with Crippen LogP contribution < -0.4 is 21.9 Å². The minimum atomic E-state index is -0.719. The average molecular weight is 414 g/mol. The Morgan fingerprint density at radius 3 is 2.60 bits per heavy atom. The number of carbonyl (C=O) groups is 1. The van der Waals surface area contributed by atoms with E-state index in [-0.39, 0.29) is 23.9 Å². The molecule has 0 spiro atoms. The first-order valence-electron chi connectivity index (χ1n) is 9.93. The Hall–Kier alpha value is -3.50. The molecule has 3 heterocycles. The molecule has 0 unspecified atom stereocenters. The number of anilines is 2. The maximum Gasteiger partial charge on any atom is 0.330 e. The number of aryl methyl sites for hydroxylation is 2. The zero-order valence-corrected chi connectivity index (χ0v) is 17.6. The monoisotopic (exact) mass is 414 g/mol. The van der Waals surface area contributed by atoms with Crippen molar-refractivity contribution in [2.75, 3.05) is 17.2 Å². The number of carbonyl (C=O) groups excluding carboxylic acids is 1. The molecule has 3 aromatic rings. The second-order valence-electron chi connectivity index (χ2n) is 7.14. The molecule has 3 aromatic heterocycles. The van der Waals surface area contributed by atoms with Gasteiger partial charge in [0.2, 0.25) is 5.82 Å². The van der Waals surface area contributed by atoms with Gasteiger partial charge in [-0.05, 0) is 32.8 Å². The minimum absolute atomic E-state index is 0.0519. The van der Waals surface area contributed by atoms with E-state index in [0.717, 1.165) is 17.8 Å². The first-order valence-corrected chi connectivity index (χ1v) is 9.93. The Kier molecular flexibility index (Phi) is 5.99. The van der Waals surface area contributed by atoms with Crippen molar-refractivity contribution < 1.29 is 4.79 Å². The molecule has 0 aliphatic carbocycles. The third-order valence-corrected chi connectivity index (χ3v) is 4.72. The molecule has 0 saturated heterocycles. The highest BCUT2D eigenvalue weighted by Gasteiger charge is 2.28. The van der Waals surface area contributed by atoms with Gasteiger partial charge in [-0.25, -0.2) is 14.3 Å². The van der Waals surface area contributed by atoms with Gasteiger partial charge in [-0.15, -0.1) is 5.10 Å². The Bertz CT molecular complexity index is 1210. The molecule has 160 valence electrons. The number of nitrogen functional groups attached to an aromatic ring is 1. The largest absolute Gasteiger partial charge is 0.383 e. The van der Waals surface area contributed by atoms with Gasteiger partial charge in [0.25, 0.3) is 17.2 Å². The third-order valence-electron chi connectivity index (χ3n) is 4.72. The van der Waals surface area contributed by atoms with Gasteiger partial charge in [-0.1, -0.05) is 20.3 Å². The first-order chi connectivity index (χ1) is 14.3. The summed E-state index contributed by atoms with van der Waals surface area (Å²) in [6, 6.07) is 1.83. The molecule has 3 N–H and O–H groups in total. The normalized spacial score (nSPS) is 11.2. The van der Waals surface area contributed by atoms with Gasteiger partial charge in [0.15, 0.2) is 5.69 Å². The predicted octanol–water partition coefficient (Wildman–Crippen LogP) is 1.03. The van der Waals surface area contributed by atoms with Crippen molar-refractivity contribution in [2.45, 2.75) is 53.5 Å². The number of hydrogen-bond donors (Lipinski definition) is 2. The average Bonchev–Trinajstić information content (AvgIpc) is 3.11. The molecular weight excluding hydrogens is 388 g/mol. The summed E-state index contributed by atoms with van der Waals surface area (Å²) in [6.45, 7) is 8.06. The van der Waals surface area contributed by atoms with Crippen molar-refractivity contribution in [1.82, 2.24) is 29.1 Å². The minimum Gasteiger partial charge on any atom is -0.383 e. The fourth-order valence-corrected chi connectivity index (χ4v) is 3.29. The molecule has 0 aliphatic heterocycles. The highest BCUT2D eigenvalue weighted by atomic mass is 16.2. The van der Waals surface area contributed by atoms with Gasteiger partial charge in [0, 0.05) is 24.5 Å². The van der Waals surface area contributed by atoms with Crippen LogP contribution in [0.2, 0.25) is 0 Å². The van der Waals surface area contributed by atoms with E-state index in [1.807, 2.05) is 33.8 Å². The number of fused-ring (bicyclic) bond motifs is 1. The highest BCUT2D eigenvalue weighted by molar-refractivity contribution is 6.05. The molecule has 0 atom stereocenters. The lowest BCUT2D eigenvalue weighted by atomic mass is 10.2. The summed E-state index contributed by atoms with van der Waals surface area (Å²) in [5, 5.41) is 4.27. The van der Waals surface area contributed by atoms with Crippen molar-refractivity contribution in [2.24, 2.45) is 0 Å². The Labute approximate surface area is 172 Å². The molecule has 0 bridgehead atoms. The van der Waals surface area contributed by atoms with E-state index in [4.69, 9.17) is 5.73 Å². The number of amides is 1. The van der Waals surface area contributed by atoms with Crippen LogP contribution in [0.5, 0.6) is 0 Å². The number of nitrogens with one attached hydrogen (secondary N) is 1. The second kappa shape index (κ2) is 8.47. The number of H-pyrrole nitrogens is 1. The van der Waals surface area contributed by atoms with Gasteiger partial charge in [-0.2, -0.15) is 4.98 Å². The highest BCUT2D eigenvalue weighted by Crippen LogP contribution is 2.20. The molecule has 0 saturated carbocycles. The summed E-state index contributed by atoms with van der Waals surface area (Å²) in [5.74, 6) is -0.433. The number of nitrogens with zero attached hydrogens (tertiary/aromatic N) is 6. The first kappa shape index (κ1) is 21.2. The third kappa shape index (κ3) is 3.82. The number of aromatic amines is 1. The van der Waals surface area contributed by atoms with Gasteiger partial charge in [0.05, 0.1) is 0 Å². The van der Waals surface area contributed by atoms with Crippen LogP contribution in [0.25, 0.3) is 5.78 Å². The predicted molar refractivity (Wildman–Crippen MR) is 113 cm³/mol. The molecule has 1 amide bonds. The van der Waals surface area contributed by atoms with Crippen molar-refractivity contribution >= 4 is 23.2 Å². The smallest absolute Gasteiger partial charge is 0.330 e. The van der Waals surface area contributed by atoms with Crippen LogP contribution in [0.4, 0.5) is 11.5 Å². The Morgan fingerprint density at radius 2 is 1.93 bits per heavy atom. The molecule has 11 heteroatoms. The van der Waals surface area contributed by atoms with Crippen LogP contribution in [0, 0.1) is 13.8 Å². The number of hydrogen-bond acceptors (Lipinski definition) is 7. The van der Waals surface area contributed by atoms with E-state index < -0.39 is 17.2 Å². The van der Waals surface area contributed by atoms with Crippen molar-refractivity contribution in [1.29, 1.82) is 0 Å². The quantitative estimate of drug-likeness (QED) is 0.587. The topological polar surface area (TPSA) is 144 Å². The van der Waals surface area contributed by atoms with Gasteiger partial charge in [0.1, 0.15) is 5.82 Å². The lowest BCUT2D eigenvalue weighted by Crippen LogP contribution is -2.42. The van der Waals surface area contributed by atoms with Crippen LogP contribution in [-0.2, 0) is 6.54 Å². The van der Waals surface area contributed by atoms with Crippen LogP contribution in [0.15, 0.2) is 15.7 Å². The molecule has 11 nitrogen and oxygen atoms in total. The van der Waals surface area contributed by atoms with E-state index in [1.165, 1.54) is 14.0 Å². The summed E-state index contributed by atoms with van der Waals surface area (Å²) >= 11 is 0. The van der Waals surface area contributed by atoms with Crippen LogP contribution in [0.1, 0.15) is 55.1 Å². The summed E-state index contributed by atoms with van der Waals surface area (Å²) in [4.78, 5) is 50.2. The lowest BCUT2D eigenvalue weighted by molar-refractivity contribution is 0.0976. The molecule has 0 aromatic carbocycles. The van der Waals surface area contributed by atoms with Crippen LogP contribution in [0.3, 0.4) is 0 Å². The van der Waals surface area contributed by atoms with Crippen LogP contribution >= 0.6 is 0 Å². The van der Waals surface area contributed by atoms with E-state index in [2.05, 4.69) is 20.1 Å². The summed E-state index contributed by atoms with van der Waals surface area (Å²) in [7, 11) is 0. The van der Waals surface area contributed by atoms with Gasteiger partial charge in [-0.3, -0.25) is 24.0 Å². The zero-order chi connectivity index (χ0) is 22.0. The van der Waals surface area contributed by atoms with Crippen molar-refractivity contribution in [3.05, 3.63) is 44.1 Å². The number of unbranched alkanes of at least 4 members (excludes halogenated alkanes) is 1. The molecule has 0 fully saturated rings. The maximum atomic E-state index is 13.3. The summed E-state index contributed by atoms with van der Waals surface area (Å²) < 4.78 is 2.74. The van der Waals surface area contributed by atoms with E-state index in [9.17, 15) is 14.4 Å². The standard InChI is InChI=1S/C19H26N8O3/c1-5-7-9-25(13-14(20)26(8-6-2)19(30)23-16(13)28)17(29)15-22-18-21-11(3)10-12(4)27(18)24-15/h10H,5-9,20H2,1-4H3,(H,23,28,30). The fraction of sp³-hybridized carbons (Fsp3) is 0.474. The van der Waals surface area contributed by atoms with E-state index in [1.54, 1.807) is 0 Å². The zero-order valence-electron chi connectivity index (χ0n) is 17.6. The summed E-state index contributed by atoms with van der Waals surface area (Å²) in [5.41, 5.74) is 6.30. The molecule has 30 heavy (non-hydrogen) atoms. The number of nitrogens with two attached hydrogens (primary N) is 1. The Balaban J connectivity index is 2.15. The van der Waals surface area contributed by atoms with Crippen molar-refractivity contribution in [3.8, 4) is 0 Å². The van der Waals surface area contributed by atoms with Gasteiger partial charge >= 0.3 is 5.69 Å². The SMILES string of the molecule is CCCCN(C(=O)c1nc2nc(C)cc(C)n2n1)c1c(N)n(CCC)c(=O)[nH]c1=O. The van der Waals surface area contributed by atoms with Gasteiger partial charge < -0.3 is 5.73 Å². The van der Waals surface area contributed by atoms with Crippen LogP contribution in [-0.4, -0.2) is 41.6 Å².